The molecule has 0 aliphatic heterocycles. The standard InChI is InChI=1S/C29H60NO7P/c1-8-9-10-11-12-13-14-15-16-17-18-19-20-21-23-34-25-28(36-27(4)31)29(26(2)3)37-38(32,33)35-24-22-30(5,6)7/h26,28-29H,8-25H2,1-7H3. The van der Waals surface area contributed by atoms with Crippen LogP contribution in [0.2, 0.25) is 0 Å². The van der Waals surface area contributed by atoms with Crippen LogP contribution >= 0.6 is 7.82 Å². The Morgan fingerprint density at radius 1 is 0.816 bits per heavy atom. The van der Waals surface area contributed by atoms with Crippen LogP contribution in [0.3, 0.4) is 0 Å². The van der Waals surface area contributed by atoms with Gasteiger partial charge in [-0.25, -0.2) is 0 Å². The molecule has 228 valence electrons. The predicted molar refractivity (Wildman–Crippen MR) is 153 cm³/mol. The molecule has 0 rings (SSSR count). The first-order valence-electron chi connectivity index (χ1n) is 15.1. The Bertz CT molecular complexity index is 625. The van der Waals surface area contributed by atoms with E-state index >= 15 is 0 Å². The van der Waals surface area contributed by atoms with Gasteiger partial charge >= 0.3 is 5.97 Å². The molecule has 0 heterocycles. The summed E-state index contributed by atoms with van der Waals surface area (Å²) in [4.78, 5) is 24.1. The van der Waals surface area contributed by atoms with E-state index in [-0.39, 0.29) is 19.1 Å². The fourth-order valence-electron chi connectivity index (χ4n) is 4.23. The minimum Gasteiger partial charge on any atom is -0.756 e. The number of hydrogen-bond donors (Lipinski definition) is 0. The zero-order valence-electron chi connectivity index (χ0n) is 25.7. The lowest BCUT2D eigenvalue weighted by Gasteiger charge is -2.35. The lowest BCUT2D eigenvalue weighted by molar-refractivity contribution is -0.870. The molecule has 0 aromatic carbocycles. The largest absolute Gasteiger partial charge is 0.756 e. The van der Waals surface area contributed by atoms with E-state index in [1.807, 2.05) is 35.0 Å². The second kappa shape index (κ2) is 22.2. The fraction of sp³-hybridized carbons (Fsp3) is 0.966. The Morgan fingerprint density at radius 3 is 1.71 bits per heavy atom. The number of carbonyl (C=O) groups excluding carboxylic acids is 1. The molecule has 3 atom stereocenters. The molecule has 0 radical (unpaired) electrons. The van der Waals surface area contributed by atoms with Crippen LogP contribution in [0.4, 0.5) is 0 Å². The lowest BCUT2D eigenvalue weighted by atomic mass is 10.0. The molecule has 0 fully saturated rings. The van der Waals surface area contributed by atoms with Crippen LogP contribution in [0.25, 0.3) is 0 Å². The molecule has 0 bridgehead atoms. The average Bonchev–Trinajstić information content (AvgIpc) is 2.80. The zero-order chi connectivity index (χ0) is 28.9. The highest BCUT2D eigenvalue weighted by Crippen LogP contribution is 2.42. The third-order valence-electron chi connectivity index (χ3n) is 6.53. The Hall–Kier alpha value is -0.500. The molecule has 38 heavy (non-hydrogen) atoms. The van der Waals surface area contributed by atoms with E-state index < -0.39 is 26.0 Å². The summed E-state index contributed by atoms with van der Waals surface area (Å²) in [7, 11) is 1.27. The maximum atomic E-state index is 12.4. The topological polar surface area (TPSA) is 94.1 Å². The molecule has 0 saturated heterocycles. The minimum atomic E-state index is -4.57. The normalized spacial score (nSPS) is 15.4. The number of unbranched alkanes of at least 4 members (excludes halogenated alkanes) is 13. The lowest BCUT2D eigenvalue weighted by Crippen LogP contribution is -2.41. The van der Waals surface area contributed by atoms with Crippen molar-refractivity contribution < 1.29 is 37.3 Å². The summed E-state index contributed by atoms with van der Waals surface area (Å²) in [6.07, 6.45) is 16.3. The number of quaternary nitrogens is 1. The molecular weight excluding hydrogens is 505 g/mol. The highest BCUT2D eigenvalue weighted by atomic mass is 31.2. The second-order valence-electron chi connectivity index (χ2n) is 11.9. The number of nitrogens with zero attached hydrogens (tertiary/aromatic N) is 1. The number of likely N-dealkylation sites (N-methyl/N-ethyl adjacent to an activating group) is 1. The third kappa shape index (κ3) is 23.4. The second-order valence-corrected chi connectivity index (χ2v) is 13.3. The van der Waals surface area contributed by atoms with Crippen LogP contribution in [-0.2, 0) is 27.9 Å². The quantitative estimate of drug-likeness (QED) is 0.0502. The van der Waals surface area contributed by atoms with Gasteiger partial charge in [0, 0.05) is 13.5 Å². The molecule has 9 heteroatoms. The van der Waals surface area contributed by atoms with Crippen molar-refractivity contribution >= 4 is 13.8 Å². The van der Waals surface area contributed by atoms with Gasteiger partial charge in [0.25, 0.3) is 7.82 Å². The van der Waals surface area contributed by atoms with Crippen molar-refractivity contribution in [2.24, 2.45) is 5.92 Å². The van der Waals surface area contributed by atoms with Gasteiger partial charge in [0.1, 0.15) is 19.3 Å². The van der Waals surface area contributed by atoms with Gasteiger partial charge in [-0.2, -0.15) is 0 Å². The summed E-state index contributed by atoms with van der Waals surface area (Å²) in [5.41, 5.74) is 0. The summed E-state index contributed by atoms with van der Waals surface area (Å²) < 4.78 is 34.6. The molecule has 0 spiro atoms. The summed E-state index contributed by atoms with van der Waals surface area (Å²) >= 11 is 0. The molecule has 0 aliphatic rings. The van der Waals surface area contributed by atoms with E-state index in [1.54, 1.807) is 0 Å². The van der Waals surface area contributed by atoms with Crippen LogP contribution in [-0.4, -0.2) is 70.2 Å². The van der Waals surface area contributed by atoms with Crippen molar-refractivity contribution in [1.82, 2.24) is 0 Å². The van der Waals surface area contributed by atoms with Crippen LogP contribution in [0.1, 0.15) is 118 Å². The van der Waals surface area contributed by atoms with Gasteiger partial charge in [0.15, 0.2) is 6.10 Å². The van der Waals surface area contributed by atoms with Crippen molar-refractivity contribution in [3.8, 4) is 0 Å². The minimum absolute atomic E-state index is 0.0168. The highest BCUT2D eigenvalue weighted by molar-refractivity contribution is 7.45. The van der Waals surface area contributed by atoms with Crippen molar-refractivity contribution in [2.45, 2.75) is 130 Å². The van der Waals surface area contributed by atoms with Crippen LogP contribution in [0.5, 0.6) is 0 Å². The molecule has 3 unspecified atom stereocenters. The van der Waals surface area contributed by atoms with Crippen LogP contribution in [0.15, 0.2) is 0 Å². The molecule has 0 amide bonds. The smallest absolute Gasteiger partial charge is 0.303 e. The molecule has 0 N–H and O–H groups in total. The molecule has 0 aliphatic carbocycles. The van der Waals surface area contributed by atoms with Crippen LogP contribution < -0.4 is 4.89 Å². The molecular formula is C29H60NO7P. The predicted octanol–water partition coefficient (Wildman–Crippen LogP) is 6.65. The number of hydrogen-bond acceptors (Lipinski definition) is 7. The van der Waals surface area contributed by atoms with Crippen molar-refractivity contribution in [2.75, 3.05) is 47.5 Å². The summed E-state index contributed by atoms with van der Waals surface area (Å²) in [6, 6.07) is 0. The number of rotatable bonds is 26. The van der Waals surface area contributed by atoms with E-state index in [4.69, 9.17) is 18.5 Å². The maximum absolute atomic E-state index is 12.4. The molecule has 0 aromatic rings. The first kappa shape index (κ1) is 37.5. The summed E-state index contributed by atoms with van der Waals surface area (Å²) in [5, 5.41) is 0. The van der Waals surface area contributed by atoms with Gasteiger partial charge in [-0.15, -0.1) is 0 Å². The number of esters is 1. The molecule has 0 aromatic heterocycles. The van der Waals surface area contributed by atoms with Gasteiger partial charge in [-0.05, 0) is 12.3 Å². The van der Waals surface area contributed by atoms with E-state index in [9.17, 15) is 14.3 Å². The SMILES string of the molecule is CCCCCCCCCCCCCCCCOCC(OC(C)=O)C(OP(=O)([O-])OCC[N+](C)(C)C)C(C)C. The Kier molecular flexibility index (Phi) is 21.9. The highest BCUT2D eigenvalue weighted by Gasteiger charge is 2.32. The van der Waals surface area contributed by atoms with E-state index in [1.165, 1.54) is 84.0 Å². The summed E-state index contributed by atoms with van der Waals surface area (Å²) in [5.74, 6) is -0.732. The Morgan fingerprint density at radius 2 is 1.29 bits per heavy atom. The average molecular weight is 566 g/mol. The van der Waals surface area contributed by atoms with E-state index in [2.05, 4.69) is 6.92 Å². The number of carbonyl (C=O) groups is 1. The van der Waals surface area contributed by atoms with Gasteiger partial charge in [-0.1, -0.05) is 104 Å². The number of phosphoric acid groups is 1. The van der Waals surface area contributed by atoms with Crippen molar-refractivity contribution in [3.05, 3.63) is 0 Å². The van der Waals surface area contributed by atoms with Crippen molar-refractivity contribution in [1.29, 1.82) is 0 Å². The van der Waals surface area contributed by atoms with Gasteiger partial charge in [0.05, 0.1) is 27.7 Å². The van der Waals surface area contributed by atoms with Gasteiger partial charge in [0.2, 0.25) is 0 Å². The number of phosphoric ester groups is 1. The Balaban J connectivity index is 4.21. The first-order chi connectivity index (χ1) is 17.9. The first-order valence-corrected chi connectivity index (χ1v) is 16.5. The molecule has 0 saturated carbocycles. The zero-order valence-corrected chi connectivity index (χ0v) is 26.6. The van der Waals surface area contributed by atoms with Crippen LogP contribution in [0, 0.1) is 5.92 Å². The monoisotopic (exact) mass is 565 g/mol. The fourth-order valence-corrected chi connectivity index (χ4v) is 5.28. The summed E-state index contributed by atoms with van der Waals surface area (Å²) in [6.45, 7) is 8.35. The maximum Gasteiger partial charge on any atom is 0.303 e. The Labute approximate surface area is 234 Å². The number of ether oxygens (including phenoxy) is 2. The van der Waals surface area contributed by atoms with E-state index in [0.29, 0.717) is 17.6 Å². The van der Waals surface area contributed by atoms with E-state index in [0.717, 1.165) is 12.8 Å². The third-order valence-corrected chi connectivity index (χ3v) is 7.53. The van der Waals surface area contributed by atoms with Crippen molar-refractivity contribution in [3.63, 3.8) is 0 Å². The van der Waals surface area contributed by atoms with Gasteiger partial charge < -0.3 is 27.9 Å². The van der Waals surface area contributed by atoms with Gasteiger partial charge in [-0.3, -0.25) is 9.36 Å². The molecule has 8 nitrogen and oxygen atoms in total.